The molecule has 0 spiro atoms. The van der Waals surface area contributed by atoms with Gasteiger partial charge >= 0.3 is 0 Å². The minimum atomic E-state index is -3.61. The number of nitrogens with zero attached hydrogens (tertiary/aromatic N) is 2. The number of fused-ring (bicyclic) bond motifs is 1. The monoisotopic (exact) mass is 375 g/mol. The van der Waals surface area contributed by atoms with Gasteiger partial charge in [0.2, 0.25) is 10.0 Å². The van der Waals surface area contributed by atoms with Gasteiger partial charge in [0, 0.05) is 31.5 Å². The number of aryl methyl sites for hydroxylation is 1. The molecule has 1 aromatic heterocycles. The van der Waals surface area contributed by atoms with Crippen LogP contribution < -0.4 is 4.90 Å². The molecule has 2 aliphatic heterocycles. The van der Waals surface area contributed by atoms with Crippen molar-refractivity contribution >= 4 is 21.6 Å². The molecule has 4 rings (SSSR count). The predicted octanol–water partition coefficient (Wildman–Crippen LogP) is 1.63. The number of hydrogen-bond donors (Lipinski definition) is 1. The maximum Gasteiger partial charge on any atom is 0.274 e. The first-order valence-electron chi connectivity index (χ1n) is 8.73. The molecule has 0 radical (unpaired) electrons. The standard InChI is InChI=1S/C18H21N3O4S/c22-18(21-7-3-5-14-4-1-2-6-17(14)21)16-12-15(13-19-16)26(23,24)20-8-10-25-11-9-20/h1-2,4,6,12-13,19H,3,5,7-11H2. The Hall–Kier alpha value is -2.16. The number of H-pyrrole nitrogens is 1. The van der Waals surface area contributed by atoms with E-state index in [1.807, 2.05) is 24.3 Å². The quantitative estimate of drug-likeness (QED) is 0.884. The molecule has 0 bridgehead atoms. The van der Waals surface area contributed by atoms with E-state index >= 15 is 0 Å². The van der Waals surface area contributed by atoms with Crippen molar-refractivity contribution in [3.63, 3.8) is 0 Å². The fourth-order valence-corrected chi connectivity index (χ4v) is 4.88. The zero-order valence-electron chi connectivity index (χ0n) is 14.3. The number of carbonyl (C=O) groups is 1. The molecule has 0 atom stereocenters. The van der Waals surface area contributed by atoms with Crippen molar-refractivity contribution in [2.75, 3.05) is 37.7 Å². The highest BCUT2D eigenvalue weighted by Gasteiger charge is 2.30. The Labute approximate surface area is 152 Å². The van der Waals surface area contributed by atoms with Crippen LogP contribution in [0, 0.1) is 0 Å². The first-order chi connectivity index (χ1) is 12.6. The van der Waals surface area contributed by atoms with Gasteiger partial charge in [0.1, 0.15) is 10.6 Å². The van der Waals surface area contributed by atoms with E-state index in [4.69, 9.17) is 4.74 Å². The number of rotatable bonds is 3. The van der Waals surface area contributed by atoms with Crippen LogP contribution in [0.5, 0.6) is 0 Å². The van der Waals surface area contributed by atoms with Gasteiger partial charge in [-0.05, 0) is 30.5 Å². The number of nitrogens with one attached hydrogen (secondary N) is 1. The van der Waals surface area contributed by atoms with Crippen molar-refractivity contribution in [3.05, 3.63) is 47.8 Å². The van der Waals surface area contributed by atoms with Gasteiger partial charge in [0.15, 0.2) is 0 Å². The minimum Gasteiger partial charge on any atom is -0.379 e. The highest BCUT2D eigenvalue weighted by molar-refractivity contribution is 7.89. The maximum atomic E-state index is 12.9. The number of aromatic amines is 1. The molecule has 26 heavy (non-hydrogen) atoms. The van der Waals surface area contributed by atoms with Crippen molar-refractivity contribution in [3.8, 4) is 0 Å². The Bertz CT molecular complexity index is 916. The van der Waals surface area contributed by atoms with Crippen molar-refractivity contribution in [2.24, 2.45) is 0 Å². The van der Waals surface area contributed by atoms with Crippen LogP contribution in [0.1, 0.15) is 22.5 Å². The third-order valence-corrected chi connectivity index (χ3v) is 6.73. The van der Waals surface area contributed by atoms with E-state index in [0.29, 0.717) is 32.8 Å². The van der Waals surface area contributed by atoms with E-state index in [1.54, 1.807) is 4.90 Å². The number of sulfonamides is 1. The molecule has 2 aromatic rings. The molecule has 0 saturated carbocycles. The van der Waals surface area contributed by atoms with Gasteiger partial charge in [-0.3, -0.25) is 4.79 Å². The van der Waals surface area contributed by atoms with Crippen LogP contribution in [0.15, 0.2) is 41.4 Å². The summed E-state index contributed by atoms with van der Waals surface area (Å²) in [5.41, 5.74) is 2.32. The van der Waals surface area contributed by atoms with Crippen molar-refractivity contribution in [1.82, 2.24) is 9.29 Å². The van der Waals surface area contributed by atoms with E-state index < -0.39 is 10.0 Å². The lowest BCUT2D eigenvalue weighted by atomic mass is 10.0. The van der Waals surface area contributed by atoms with Gasteiger partial charge in [-0.25, -0.2) is 8.42 Å². The number of morpholine rings is 1. The smallest absolute Gasteiger partial charge is 0.274 e. The third-order valence-electron chi connectivity index (χ3n) is 4.85. The number of anilines is 1. The van der Waals surface area contributed by atoms with E-state index in [1.165, 1.54) is 16.6 Å². The summed E-state index contributed by atoms with van der Waals surface area (Å²) in [5.74, 6) is -0.208. The molecule has 1 saturated heterocycles. The summed E-state index contributed by atoms with van der Waals surface area (Å²) in [5, 5.41) is 0. The van der Waals surface area contributed by atoms with Gasteiger partial charge in [0.25, 0.3) is 5.91 Å². The number of amides is 1. The Morgan fingerprint density at radius 2 is 1.88 bits per heavy atom. The molecular weight excluding hydrogens is 354 g/mol. The van der Waals surface area contributed by atoms with Gasteiger partial charge in [0.05, 0.1) is 13.2 Å². The highest BCUT2D eigenvalue weighted by atomic mass is 32.2. The number of para-hydroxylation sites is 1. The number of carbonyl (C=O) groups excluding carboxylic acids is 1. The summed E-state index contributed by atoms with van der Waals surface area (Å²) >= 11 is 0. The van der Waals surface area contributed by atoms with Crippen molar-refractivity contribution < 1.29 is 17.9 Å². The molecule has 0 aliphatic carbocycles. The van der Waals surface area contributed by atoms with E-state index in [0.717, 1.165) is 24.1 Å². The average molecular weight is 375 g/mol. The lowest BCUT2D eigenvalue weighted by Gasteiger charge is -2.29. The van der Waals surface area contributed by atoms with Gasteiger partial charge in [-0.2, -0.15) is 4.31 Å². The molecule has 0 unspecified atom stereocenters. The topological polar surface area (TPSA) is 82.7 Å². The molecule has 2 aliphatic rings. The summed E-state index contributed by atoms with van der Waals surface area (Å²) in [6.07, 6.45) is 3.23. The zero-order valence-corrected chi connectivity index (χ0v) is 15.2. The summed E-state index contributed by atoms with van der Waals surface area (Å²) in [7, 11) is -3.61. The molecule has 1 N–H and O–H groups in total. The Morgan fingerprint density at radius 1 is 1.12 bits per heavy atom. The number of benzene rings is 1. The fraction of sp³-hybridized carbons (Fsp3) is 0.389. The highest BCUT2D eigenvalue weighted by Crippen LogP contribution is 2.28. The zero-order chi connectivity index (χ0) is 18.1. The molecule has 138 valence electrons. The normalized spacial score (nSPS) is 18.5. The van der Waals surface area contributed by atoms with Crippen LogP contribution in [-0.4, -0.2) is 56.5 Å². The molecule has 3 heterocycles. The second kappa shape index (κ2) is 6.86. The van der Waals surface area contributed by atoms with Crippen LogP contribution in [0.25, 0.3) is 0 Å². The number of ether oxygens (including phenoxy) is 1. The molecular formula is C18H21N3O4S. The molecule has 8 heteroatoms. The van der Waals surface area contributed by atoms with Crippen LogP contribution >= 0.6 is 0 Å². The number of hydrogen-bond acceptors (Lipinski definition) is 4. The van der Waals surface area contributed by atoms with Crippen molar-refractivity contribution in [2.45, 2.75) is 17.7 Å². The summed E-state index contributed by atoms with van der Waals surface area (Å²) in [4.78, 5) is 17.6. The van der Waals surface area contributed by atoms with E-state index in [2.05, 4.69) is 4.98 Å². The van der Waals surface area contributed by atoms with Crippen LogP contribution in [0.4, 0.5) is 5.69 Å². The van der Waals surface area contributed by atoms with Crippen LogP contribution in [-0.2, 0) is 21.2 Å². The average Bonchev–Trinajstić information content (AvgIpc) is 3.19. The largest absolute Gasteiger partial charge is 0.379 e. The van der Waals surface area contributed by atoms with Gasteiger partial charge in [-0.1, -0.05) is 18.2 Å². The van der Waals surface area contributed by atoms with Crippen LogP contribution in [0.3, 0.4) is 0 Å². The van der Waals surface area contributed by atoms with Gasteiger partial charge in [-0.15, -0.1) is 0 Å². The third kappa shape index (κ3) is 3.04. The molecule has 1 fully saturated rings. The van der Waals surface area contributed by atoms with Crippen molar-refractivity contribution in [1.29, 1.82) is 0 Å². The second-order valence-electron chi connectivity index (χ2n) is 6.45. The fourth-order valence-electron chi connectivity index (χ4n) is 3.47. The summed E-state index contributed by atoms with van der Waals surface area (Å²) in [6.45, 7) is 2.06. The molecule has 1 aromatic carbocycles. The van der Waals surface area contributed by atoms with E-state index in [9.17, 15) is 13.2 Å². The van der Waals surface area contributed by atoms with E-state index in [-0.39, 0.29) is 16.5 Å². The minimum absolute atomic E-state index is 0.119. The first kappa shape index (κ1) is 17.3. The second-order valence-corrected chi connectivity index (χ2v) is 8.39. The Morgan fingerprint density at radius 3 is 2.69 bits per heavy atom. The first-order valence-corrected chi connectivity index (χ1v) is 10.2. The Kier molecular flexibility index (Phi) is 4.56. The van der Waals surface area contributed by atoms with Gasteiger partial charge < -0.3 is 14.6 Å². The molecule has 1 amide bonds. The lowest BCUT2D eigenvalue weighted by molar-refractivity contribution is 0.0730. The summed E-state index contributed by atoms with van der Waals surface area (Å²) < 4.78 is 32.1. The molecule has 7 nitrogen and oxygen atoms in total. The lowest BCUT2D eigenvalue weighted by Crippen LogP contribution is -2.40. The Balaban J connectivity index is 1.60. The predicted molar refractivity (Wildman–Crippen MR) is 96.8 cm³/mol. The number of aromatic nitrogens is 1. The SMILES string of the molecule is O=C(c1cc(S(=O)(=O)N2CCOCC2)c[nH]1)N1CCCc2ccccc21. The van der Waals surface area contributed by atoms with Crippen LogP contribution in [0.2, 0.25) is 0 Å². The summed E-state index contributed by atoms with van der Waals surface area (Å²) in [6, 6.07) is 9.27. The maximum absolute atomic E-state index is 12.9.